The first-order valence-electron chi connectivity index (χ1n) is 4.78. The van der Waals surface area contributed by atoms with Gasteiger partial charge < -0.3 is 4.90 Å². The summed E-state index contributed by atoms with van der Waals surface area (Å²) in [6, 6.07) is 0.839. The van der Waals surface area contributed by atoms with E-state index in [0.717, 1.165) is 12.0 Å². The van der Waals surface area contributed by atoms with Crippen molar-refractivity contribution in [1.29, 1.82) is 0 Å². The zero-order chi connectivity index (χ0) is 7.68. The van der Waals surface area contributed by atoms with Gasteiger partial charge in [0.2, 0.25) is 0 Å². The lowest BCUT2D eigenvalue weighted by atomic mass is 9.86. The summed E-state index contributed by atoms with van der Waals surface area (Å²) in [4.78, 5) is 2.45. The van der Waals surface area contributed by atoms with Gasteiger partial charge in [0, 0.05) is 12.6 Å². The Morgan fingerprint density at radius 1 is 1.09 bits per heavy atom. The van der Waals surface area contributed by atoms with Crippen molar-refractivity contribution in [3.05, 3.63) is 12.8 Å². The van der Waals surface area contributed by atoms with Crippen molar-refractivity contribution in [3.8, 4) is 0 Å². The Hall–Kier alpha value is -0.460. The van der Waals surface area contributed by atoms with Gasteiger partial charge in [0.1, 0.15) is 0 Å². The Balaban J connectivity index is 2.08. The molecule has 0 atom stereocenters. The maximum absolute atomic E-state index is 3.87. The molecule has 0 spiro atoms. The highest BCUT2D eigenvalue weighted by Crippen LogP contribution is 2.33. The lowest BCUT2D eigenvalue weighted by Crippen LogP contribution is -2.29. The van der Waals surface area contributed by atoms with E-state index < -0.39 is 0 Å². The van der Waals surface area contributed by atoms with Gasteiger partial charge >= 0.3 is 0 Å². The molecule has 2 bridgehead atoms. The fourth-order valence-corrected chi connectivity index (χ4v) is 2.52. The molecule has 2 heterocycles. The Morgan fingerprint density at radius 3 is 2.45 bits per heavy atom. The van der Waals surface area contributed by atoms with Crippen molar-refractivity contribution < 1.29 is 0 Å². The third kappa shape index (κ3) is 1.29. The van der Waals surface area contributed by atoms with Crippen LogP contribution in [0.3, 0.4) is 0 Å². The van der Waals surface area contributed by atoms with Gasteiger partial charge in [-0.25, -0.2) is 0 Å². The van der Waals surface area contributed by atoms with Crippen LogP contribution in [0.5, 0.6) is 0 Å². The lowest BCUT2D eigenvalue weighted by Gasteiger charge is -2.29. The van der Waals surface area contributed by atoms with Crippen LogP contribution in [0.4, 0.5) is 0 Å². The molecule has 0 aromatic carbocycles. The standard InChI is InChI=1S/C10H17N/c1-2-11-8-7-9-3-5-10(11)6-4-9/h2,9-10H,1,3-8H2. The van der Waals surface area contributed by atoms with Crippen molar-refractivity contribution in [3.63, 3.8) is 0 Å². The van der Waals surface area contributed by atoms with E-state index >= 15 is 0 Å². The average Bonchev–Trinajstić information content (AvgIpc) is 2.36. The molecule has 11 heavy (non-hydrogen) atoms. The zero-order valence-corrected chi connectivity index (χ0v) is 7.13. The molecule has 62 valence electrons. The van der Waals surface area contributed by atoms with Crippen molar-refractivity contribution in [2.75, 3.05) is 6.54 Å². The van der Waals surface area contributed by atoms with Crippen LogP contribution in [0.2, 0.25) is 0 Å². The number of hydrogen-bond donors (Lipinski definition) is 0. The molecule has 0 aromatic rings. The van der Waals surface area contributed by atoms with Crippen LogP contribution in [-0.2, 0) is 0 Å². The summed E-state index contributed by atoms with van der Waals surface area (Å²) in [5.41, 5.74) is 0. The average molecular weight is 151 g/mol. The summed E-state index contributed by atoms with van der Waals surface area (Å²) in [5, 5.41) is 0. The molecule has 2 aliphatic heterocycles. The molecular formula is C10H17N. The van der Waals surface area contributed by atoms with Crippen molar-refractivity contribution >= 4 is 0 Å². The Labute approximate surface area is 69.1 Å². The molecule has 0 amide bonds. The van der Waals surface area contributed by atoms with E-state index in [-0.39, 0.29) is 0 Å². The normalized spacial score (nSPS) is 36.9. The molecule has 0 radical (unpaired) electrons. The van der Waals surface area contributed by atoms with Gasteiger partial charge in [0.25, 0.3) is 0 Å². The predicted octanol–water partition coefficient (Wildman–Crippen LogP) is 2.39. The first-order valence-corrected chi connectivity index (χ1v) is 4.78. The van der Waals surface area contributed by atoms with Crippen molar-refractivity contribution in [1.82, 2.24) is 4.90 Å². The first-order chi connectivity index (χ1) is 5.40. The number of rotatable bonds is 1. The topological polar surface area (TPSA) is 3.24 Å². The molecule has 3 fully saturated rings. The molecular weight excluding hydrogens is 134 g/mol. The molecule has 0 N–H and O–H groups in total. The summed E-state index contributed by atoms with van der Waals surface area (Å²) in [7, 11) is 0. The Morgan fingerprint density at radius 2 is 1.82 bits per heavy atom. The fourth-order valence-electron chi connectivity index (χ4n) is 2.52. The monoisotopic (exact) mass is 151 g/mol. The molecule has 3 rings (SSSR count). The minimum absolute atomic E-state index is 0.839. The molecule has 1 nitrogen and oxygen atoms in total. The molecule has 2 saturated heterocycles. The van der Waals surface area contributed by atoms with Gasteiger partial charge in [-0.1, -0.05) is 6.58 Å². The lowest BCUT2D eigenvalue weighted by molar-refractivity contribution is 0.251. The Bertz CT molecular complexity index is 145. The van der Waals surface area contributed by atoms with Gasteiger partial charge in [-0.05, 0) is 44.2 Å². The minimum Gasteiger partial charge on any atom is -0.375 e. The van der Waals surface area contributed by atoms with Crippen molar-refractivity contribution in [2.24, 2.45) is 5.92 Å². The molecule has 1 heteroatoms. The quantitative estimate of drug-likeness (QED) is 0.556. The van der Waals surface area contributed by atoms with Crippen LogP contribution in [0.25, 0.3) is 0 Å². The highest BCUT2D eigenvalue weighted by molar-refractivity contribution is 4.88. The number of nitrogens with zero attached hydrogens (tertiary/aromatic N) is 1. The summed E-state index contributed by atoms with van der Waals surface area (Å²) >= 11 is 0. The van der Waals surface area contributed by atoms with Crippen LogP contribution in [-0.4, -0.2) is 17.5 Å². The fraction of sp³-hybridized carbons (Fsp3) is 0.800. The van der Waals surface area contributed by atoms with E-state index in [2.05, 4.69) is 11.5 Å². The molecule has 0 unspecified atom stereocenters. The van der Waals surface area contributed by atoms with Gasteiger partial charge in [-0.2, -0.15) is 0 Å². The van der Waals surface area contributed by atoms with Crippen LogP contribution in [0, 0.1) is 5.92 Å². The number of hydrogen-bond acceptors (Lipinski definition) is 1. The predicted molar refractivity (Wildman–Crippen MR) is 47.3 cm³/mol. The maximum Gasteiger partial charge on any atom is 0.0284 e. The van der Waals surface area contributed by atoms with Gasteiger partial charge in [-0.15, -0.1) is 0 Å². The molecule has 1 saturated carbocycles. The van der Waals surface area contributed by atoms with Crippen LogP contribution >= 0.6 is 0 Å². The van der Waals surface area contributed by atoms with Crippen LogP contribution in [0.15, 0.2) is 12.8 Å². The largest absolute Gasteiger partial charge is 0.375 e. The van der Waals surface area contributed by atoms with E-state index in [0.29, 0.717) is 0 Å². The van der Waals surface area contributed by atoms with Crippen LogP contribution in [0.1, 0.15) is 32.1 Å². The maximum atomic E-state index is 3.87. The van der Waals surface area contributed by atoms with E-state index in [1.807, 2.05) is 6.20 Å². The number of fused-ring (bicyclic) bond motifs is 4. The third-order valence-corrected chi connectivity index (χ3v) is 3.32. The minimum atomic E-state index is 0.839. The van der Waals surface area contributed by atoms with Gasteiger partial charge in [-0.3, -0.25) is 0 Å². The van der Waals surface area contributed by atoms with E-state index in [1.165, 1.54) is 38.6 Å². The second kappa shape index (κ2) is 2.88. The second-order valence-electron chi connectivity index (χ2n) is 3.88. The highest BCUT2D eigenvalue weighted by Gasteiger charge is 2.28. The van der Waals surface area contributed by atoms with Crippen molar-refractivity contribution in [2.45, 2.75) is 38.1 Å². The summed E-state index contributed by atoms with van der Waals surface area (Å²) < 4.78 is 0. The molecule has 3 aliphatic rings. The summed E-state index contributed by atoms with van der Waals surface area (Å²) in [6.45, 7) is 5.13. The molecule has 0 aromatic heterocycles. The smallest absolute Gasteiger partial charge is 0.0284 e. The highest BCUT2D eigenvalue weighted by atomic mass is 15.1. The van der Waals surface area contributed by atoms with E-state index in [1.54, 1.807) is 0 Å². The molecule has 1 aliphatic carbocycles. The third-order valence-electron chi connectivity index (χ3n) is 3.32. The summed E-state index contributed by atoms with van der Waals surface area (Å²) in [5.74, 6) is 1.04. The second-order valence-corrected chi connectivity index (χ2v) is 3.88. The van der Waals surface area contributed by atoms with Crippen LogP contribution < -0.4 is 0 Å². The summed E-state index contributed by atoms with van der Waals surface area (Å²) in [6.07, 6.45) is 9.21. The van der Waals surface area contributed by atoms with Gasteiger partial charge in [0.05, 0.1) is 0 Å². The Kier molecular flexibility index (Phi) is 1.89. The van der Waals surface area contributed by atoms with Gasteiger partial charge in [0.15, 0.2) is 0 Å². The SMILES string of the molecule is C=CN1CCC2CCC1CC2. The van der Waals surface area contributed by atoms with E-state index in [4.69, 9.17) is 0 Å². The zero-order valence-electron chi connectivity index (χ0n) is 7.13. The first kappa shape index (κ1) is 7.20. The van der Waals surface area contributed by atoms with E-state index in [9.17, 15) is 0 Å².